The largest absolute Gasteiger partial charge is 0.336 e. The van der Waals surface area contributed by atoms with Gasteiger partial charge in [-0.1, -0.05) is 24.3 Å². The lowest BCUT2D eigenvalue weighted by atomic mass is 10.2. The summed E-state index contributed by atoms with van der Waals surface area (Å²) < 4.78 is 1.86. The Bertz CT molecular complexity index is 1070. The SMILES string of the molecule is Cc1cnc(C(=O)N(C)Cc2cn(-c3ccccc3)nc2-c2cccs2)cn1. The molecule has 1 aromatic carbocycles. The van der Waals surface area contributed by atoms with E-state index < -0.39 is 0 Å². The molecule has 0 saturated heterocycles. The molecule has 1 amide bonds. The number of nitrogens with zero attached hydrogens (tertiary/aromatic N) is 5. The minimum Gasteiger partial charge on any atom is -0.336 e. The molecule has 3 heterocycles. The van der Waals surface area contributed by atoms with Gasteiger partial charge in [0.05, 0.1) is 22.5 Å². The van der Waals surface area contributed by atoms with Gasteiger partial charge in [-0.3, -0.25) is 9.78 Å². The van der Waals surface area contributed by atoms with E-state index in [4.69, 9.17) is 5.10 Å². The van der Waals surface area contributed by atoms with Crippen LogP contribution in [0.15, 0.2) is 66.4 Å². The van der Waals surface area contributed by atoms with Gasteiger partial charge in [-0.25, -0.2) is 9.67 Å². The zero-order valence-corrected chi connectivity index (χ0v) is 16.4. The molecule has 0 atom stereocenters. The van der Waals surface area contributed by atoms with E-state index in [-0.39, 0.29) is 5.91 Å². The van der Waals surface area contributed by atoms with E-state index in [9.17, 15) is 4.79 Å². The predicted molar refractivity (Wildman–Crippen MR) is 109 cm³/mol. The Morgan fingerprint density at radius 2 is 1.93 bits per heavy atom. The number of benzene rings is 1. The van der Waals surface area contributed by atoms with Crippen LogP contribution in [0.2, 0.25) is 0 Å². The van der Waals surface area contributed by atoms with Gasteiger partial charge in [0, 0.05) is 31.5 Å². The van der Waals surface area contributed by atoms with Crippen molar-refractivity contribution in [2.45, 2.75) is 13.5 Å². The van der Waals surface area contributed by atoms with Gasteiger partial charge in [0.2, 0.25) is 0 Å². The molecule has 0 aliphatic carbocycles. The number of aromatic nitrogens is 4. The summed E-state index contributed by atoms with van der Waals surface area (Å²) in [4.78, 5) is 23.8. The van der Waals surface area contributed by atoms with Crippen molar-refractivity contribution in [2.24, 2.45) is 0 Å². The van der Waals surface area contributed by atoms with Gasteiger partial charge in [0.15, 0.2) is 0 Å². The summed E-state index contributed by atoms with van der Waals surface area (Å²) in [5, 5.41) is 6.81. The Morgan fingerprint density at radius 3 is 2.61 bits per heavy atom. The van der Waals surface area contributed by atoms with E-state index in [2.05, 4.69) is 9.97 Å². The third kappa shape index (κ3) is 3.70. The molecule has 0 N–H and O–H groups in total. The molecule has 6 nitrogen and oxygen atoms in total. The van der Waals surface area contributed by atoms with Gasteiger partial charge in [-0.2, -0.15) is 5.10 Å². The van der Waals surface area contributed by atoms with Crippen molar-refractivity contribution in [2.75, 3.05) is 7.05 Å². The van der Waals surface area contributed by atoms with Gasteiger partial charge in [0.1, 0.15) is 11.4 Å². The second-order valence-electron chi connectivity index (χ2n) is 6.46. The van der Waals surface area contributed by atoms with E-state index in [1.54, 1.807) is 29.5 Å². The van der Waals surface area contributed by atoms with Crippen molar-refractivity contribution in [1.29, 1.82) is 0 Å². The van der Waals surface area contributed by atoms with E-state index in [0.717, 1.165) is 27.5 Å². The van der Waals surface area contributed by atoms with Crippen LogP contribution < -0.4 is 0 Å². The maximum Gasteiger partial charge on any atom is 0.274 e. The first-order chi connectivity index (χ1) is 13.6. The zero-order chi connectivity index (χ0) is 19.5. The number of carbonyl (C=O) groups is 1. The first-order valence-electron chi connectivity index (χ1n) is 8.84. The van der Waals surface area contributed by atoms with Gasteiger partial charge >= 0.3 is 0 Å². The Balaban J connectivity index is 1.65. The molecule has 0 radical (unpaired) electrons. The molecule has 0 unspecified atom stereocenters. The summed E-state index contributed by atoms with van der Waals surface area (Å²) >= 11 is 1.63. The summed E-state index contributed by atoms with van der Waals surface area (Å²) in [5.74, 6) is -0.169. The molecular weight excluding hydrogens is 370 g/mol. The highest BCUT2D eigenvalue weighted by Crippen LogP contribution is 2.28. The Labute approximate surface area is 167 Å². The molecule has 140 valence electrons. The molecule has 0 spiro atoms. The number of aryl methyl sites for hydroxylation is 1. The van der Waals surface area contributed by atoms with Crippen molar-refractivity contribution in [3.05, 3.63) is 83.4 Å². The van der Waals surface area contributed by atoms with Gasteiger partial charge in [-0.05, 0) is 30.5 Å². The van der Waals surface area contributed by atoms with Crippen LogP contribution in [0.5, 0.6) is 0 Å². The van der Waals surface area contributed by atoms with Crippen molar-refractivity contribution < 1.29 is 4.79 Å². The lowest BCUT2D eigenvalue weighted by molar-refractivity contribution is 0.0779. The van der Waals surface area contributed by atoms with E-state index in [1.807, 2.05) is 65.6 Å². The van der Waals surface area contributed by atoms with Crippen LogP contribution in [-0.4, -0.2) is 37.6 Å². The first-order valence-corrected chi connectivity index (χ1v) is 9.72. The van der Waals surface area contributed by atoms with Crippen molar-refractivity contribution in [3.63, 3.8) is 0 Å². The Hall–Kier alpha value is -3.32. The smallest absolute Gasteiger partial charge is 0.274 e. The lowest BCUT2D eigenvalue weighted by Gasteiger charge is -2.16. The molecule has 7 heteroatoms. The lowest BCUT2D eigenvalue weighted by Crippen LogP contribution is -2.27. The van der Waals surface area contributed by atoms with Crippen LogP contribution in [0, 0.1) is 6.92 Å². The Kier molecular flexibility index (Phi) is 4.99. The van der Waals surface area contributed by atoms with Crippen LogP contribution in [0.3, 0.4) is 0 Å². The molecule has 0 bridgehead atoms. The molecule has 4 aromatic rings. The highest BCUT2D eigenvalue weighted by atomic mass is 32.1. The fourth-order valence-corrected chi connectivity index (χ4v) is 3.63. The monoisotopic (exact) mass is 389 g/mol. The number of hydrogen-bond donors (Lipinski definition) is 0. The summed E-state index contributed by atoms with van der Waals surface area (Å²) in [6, 6.07) is 14.0. The maximum atomic E-state index is 12.7. The van der Waals surface area contributed by atoms with E-state index >= 15 is 0 Å². The van der Waals surface area contributed by atoms with Crippen LogP contribution in [-0.2, 0) is 6.54 Å². The standard InChI is InChI=1S/C21H19N5OS/c1-15-11-23-18(12-22-15)21(27)25(2)13-16-14-26(17-7-4-3-5-8-17)24-20(16)19-9-6-10-28-19/h3-12,14H,13H2,1-2H3. The average molecular weight is 389 g/mol. The van der Waals surface area contributed by atoms with Crippen LogP contribution in [0.25, 0.3) is 16.3 Å². The fraction of sp³-hybridized carbons (Fsp3) is 0.143. The summed E-state index contributed by atoms with van der Waals surface area (Å²) in [6.07, 6.45) is 5.10. The minimum absolute atomic E-state index is 0.169. The summed E-state index contributed by atoms with van der Waals surface area (Å²) in [6.45, 7) is 2.27. The Morgan fingerprint density at radius 1 is 1.11 bits per heavy atom. The highest BCUT2D eigenvalue weighted by molar-refractivity contribution is 7.13. The normalized spacial score (nSPS) is 10.8. The topological polar surface area (TPSA) is 63.9 Å². The second kappa shape index (κ2) is 7.74. The molecule has 0 aliphatic rings. The maximum absolute atomic E-state index is 12.7. The van der Waals surface area contributed by atoms with Crippen LogP contribution >= 0.6 is 11.3 Å². The minimum atomic E-state index is -0.169. The molecule has 4 rings (SSSR count). The zero-order valence-electron chi connectivity index (χ0n) is 15.6. The third-order valence-corrected chi connectivity index (χ3v) is 5.20. The average Bonchev–Trinajstić information content (AvgIpc) is 3.38. The third-order valence-electron chi connectivity index (χ3n) is 4.32. The quantitative estimate of drug-likeness (QED) is 0.518. The van der Waals surface area contributed by atoms with Crippen LogP contribution in [0.4, 0.5) is 0 Å². The van der Waals surface area contributed by atoms with Gasteiger partial charge in [-0.15, -0.1) is 11.3 Å². The van der Waals surface area contributed by atoms with Crippen molar-refractivity contribution >= 4 is 17.2 Å². The number of amides is 1. The highest BCUT2D eigenvalue weighted by Gasteiger charge is 2.19. The molecular formula is C21H19N5OS. The van der Waals surface area contributed by atoms with Crippen LogP contribution in [0.1, 0.15) is 21.7 Å². The number of para-hydroxylation sites is 1. The fourth-order valence-electron chi connectivity index (χ4n) is 2.89. The molecule has 3 aromatic heterocycles. The molecule has 28 heavy (non-hydrogen) atoms. The molecule has 0 aliphatic heterocycles. The first kappa shape index (κ1) is 18.1. The molecule has 0 saturated carbocycles. The van der Waals surface area contributed by atoms with E-state index in [0.29, 0.717) is 12.2 Å². The summed E-state index contributed by atoms with van der Waals surface area (Å²) in [5.41, 5.74) is 3.95. The number of carbonyl (C=O) groups excluding carboxylic acids is 1. The molecule has 0 fully saturated rings. The predicted octanol–water partition coefficient (Wildman–Crippen LogP) is 3.97. The number of rotatable bonds is 5. The van der Waals surface area contributed by atoms with Gasteiger partial charge < -0.3 is 4.90 Å². The van der Waals surface area contributed by atoms with E-state index in [1.165, 1.54) is 6.20 Å². The van der Waals surface area contributed by atoms with Gasteiger partial charge in [0.25, 0.3) is 5.91 Å². The second-order valence-corrected chi connectivity index (χ2v) is 7.41. The van der Waals surface area contributed by atoms with Crippen molar-refractivity contribution in [1.82, 2.24) is 24.6 Å². The summed E-state index contributed by atoms with van der Waals surface area (Å²) in [7, 11) is 1.77. The number of hydrogen-bond acceptors (Lipinski definition) is 5. The van der Waals surface area contributed by atoms with Crippen molar-refractivity contribution in [3.8, 4) is 16.3 Å². The number of thiophene rings is 1.